The van der Waals surface area contributed by atoms with E-state index >= 15 is 0 Å². The quantitative estimate of drug-likeness (QED) is 0.763. The van der Waals surface area contributed by atoms with Crippen LogP contribution in [0, 0.1) is 0 Å². The molecule has 146 valence electrons. The van der Waals surface area contributed by atoms with Crippen molar-refractivity contribution in [3.63, 3.8) is 0 Å². The summed E-state index contributed by atoms with van der Waals surface area (Å²) in [6, 6.07) is 6.01. The molecule has 0 aliphatic carbocycles. The maximum absolute atomic E-state index is 12.9. The fourth-order valence-electron chi connectivity index (χ4n) is 3.09. The minimum absolute atomic E-state index is 0.119. The van der Waals surface area contributed by atoms with Crippen molar-refractivity contribution in [2.45, 2.75) is 33.3 Å². The first-order valence-electron chi connectivity index (χ1n) is 8.29. The highest BCUT2D eigenvalue weighted by atomic mass is 19.3. The van der Waals surface area contributed by atoms with Gasteiger partial charge in [0.05, 0.1) is 30.8 Å². The van der Waals surface area contributed by atoms with E-state index in [4.69, 9.17) is 9.47 Å². The van der Waals surface area contributed by atoms with E-state index in [1.165, 1.54) is 25.3 Å². The molecule has 2 rings (SSSR count). The number of halogens is 2. The summed E-state index contributed by atoms with van der Waals surface area (Å²) in [6.07, 6.45) is 0. The largest absolute Gasteiger partial charge is 0.466 e. The lowest BCUT2D eigenvalue weighted by Crippen LogP contribution is -2.32. The molecular formula is C19H21F2NO5. The zero-order chi connectivity index (χ0) is 20.1. The lowest BCUT2D eigenvalue weighted by atomic mass is 9.80. The Morgan fingerprint density at radius 2 is 1.70 bits per heavy atom. The van der Waals surface area contributed by atoms with Crippen molar-refractivity contribution in [2.24, 2.45) is 0 Å². The molecule has 0 amide bonds. The minimum atomic E-state index is -3.06. The molecular weight excluding hydrogens is 360 g/mol. The average molecular weight is 381 g/mol. The van der Waals surface area contributed by atoms with E-state index in [2.05, 4.69) is 10.1 Å². The molecule has 1 N–H and O–H groups in total. The molecule has 6 nitrogen and oxygen atoms in total. The summed E-state index contributed by atoms with van der Waals surface area (Å²) in [5.41, 5.74) is 1.39. The van der Waals surface area contributed by atoms with Gasteiger partial charge in [0, 0.05) is 17.0 Å². The normalized spacial score (nSPS) is 16.9. The molecule has 27 heavy (non-hydrogen) atoms. The predicted octanol–water partition coefficient (Wildman–Crippen LogP) is 3.26. The van der Waals surface area contributed by atoms with Crippen LogP contribution in [0.15, 0.2) is 46.8 Å². The van der Waals surface area contributed by atoms with Crippen molar-refractivity contribution in [2.75, 3.05) is 13.7 Å². The second-order valence-electron chi connectivity index (χ2n) is 5.76. The van der Waals surface area contributed by atoms with Gasteiger partial charge in [-0.2, -0.15) is 8.78 Å². The van der Waals surface area contributed by atoms with Crippen molar-refractivity contribution in [3.8, 4) is 5.75 Å². The number of alkyl halides is 2. The van der Waals surface area contributed by atoms with E-state index in [-0.39, 0.29) is 29.1 Å². The maximum Gasteiger partial charge on any atom is 0.387 e. The van der Waals surface area contributed by atoms with Gasteiger partial charge in [0.2, 0.25) is 0 Å². The first-order valence-corrected chi connectivity index (χ1v) is 8.29. The van der Waals surface area contributed by atoms with Gasteiger partial charge in [-0.1, -0.05) is 18.2 Å². The van der Waals surface area contributed by atoms with Crippen molar-refractivity contribution in [3.05, 3.63) is 52.4 Å². The van der Waals surface area contributed by atoms with Gasteiger partial charge in [-0.25, -0.2) is 9.59 Å². The molecule has 0 saturated heterocycles. The summed E-state index contributed by atoms with van der Waals surface area (Å²) < 4.78 is 40.3. The van der Waals surface area contributed by atoms with Gasteiger partial charge in [0.15, 0.2) is 0 Å². The highest BCUT2D eigenvalue weighted by Gasteiger charge is 2.39. The number of para-hydroxylation sites is 1. The number of rotatable bonds is 6. The molecule has 0 fully saturated rings. The van der Waals surface area contributed by atoms with E-state index in [0.717, 1.165) is 0 Å². The summed E-state index contributed by atoms with van der Waals surface area (Å²) in [5, 5.41) is 2.96. The van der Waals surface area contributed by atoms with E-state index in [1.807, 2.05) is 0 Å². The third-order valence-corrected chi connectivity index (χ3v) is 4.11. The third-order valence-electron chi connectivity index (χ3n) is 4.11. The first kappa shape index (κ1) is 20.4. The Hall–Kier alpha value is -2.90. The van der Waals surface area contributed by atoms with Crippen LogP contribution in [-0.2, 0) is 19.1 Å². The van der Waals surface area contributed by atoms with Gasteiger partial charge in [0.25, 0.3) is 0 Å². The number of benzene rings is 1. The number of carbonyl (C=O) groups excluding carboxylic acids is 2. The standard InChI is InChI=1S/C19H21F2NO5/c1-5-26-18(24)15-11(3)22-10(2)14(17(23)25-4)16(15)12-8-6-7-9-13(12)27-19(20)21/h6-9,16,19,22H,5H2,1-4H3/t16-/m0/s1. The third kappa shape index (κ3) is 4.27. The average Bonchev–Trinajstić information content (AvgIpc) is 2.60. The molecule has 0 bridgehead atoms. The van der Waals surface area contributed by atoms with Crippen LogP contribution in [0.5, 0.6) is 5.75 Å². The highest BCUT2D eigenvalue weighted by molar-refractivity contribution is 6.00. The monoisotopic (exact) mass is 381 g/mol. The molecule has 0 saturated carbocycles. The Morgan fingerprint density at radius 3 is 2.26 bits per heavy atom. The number of allylic oxidation sites excluding steroid dienone is 2. The zero-order valence-electron chi connectivity index (χ0n) is 15.5. The molecule has 1 aromatic carbocycles. The molecule has 1 aliphatic heterocycles. The molecule has 0 spiro atoms. The number of hydrogen-bond acceptors (Lipinski definition) is 6. The summed E-state index contributed by atoms with van der Waals surface area (Å²) in [7, 11) is 1.20. The molecule has 0 unspecified atom stereocenters. The predicted molar refractivity (Wildman–Crippen MR) is 93.0 cm³/mol. The number of hydrogen-bond donors (Lipinski definition) is 1. The van der Waals surface area contributed by atoms with E-state index in [1.54, 1.807) is 26.8 Å². The van der Waals surface area contributed by atoms with Crippen molar-refractivity contribution in [1.29, 1.82) is 0 Å². The van der Waals surface area contributed by atoms with Crippen molar-refractivity contribution < 1.29 is 32.6 Å². The Morgan fingerprint density at radius 1 is 1.11 bits per heavy atom. The highest BCUT2D eigenvalue weighted by Crippen LogP contribution is 2.42. The van der Waals surface area contributed by atoms with Crippen molar-refractivity contribution in [1.82, 2.24) is 5.32 Å². The smallest absolute Gasteiger partial charge is 0.387 e. The maximum atomic E-state index is 12.9. The zero-order valence-corrected chi connectivity index (χ0v) is 15.5. The molecule has 1 heterocycles. The van der Waals surface area contributed by atoms with Crippen LogP contribution in [0.3, 0.4) is 0 Å². The van der Waals surface area contributed by atoms with E-state index in [0.29, 0.717) is 11.4 Å². The molecule has 8 heteroatoms. The number of methoxy groups -OCH3 is 1. The number of nitrogens with one attached hydrogen (secondary N) is 1. The lowest BCUT2D eigenvalue weighted by molar-refractivity contribution is -0.139. The van der Waals surface area contributed by atoms with Gasteiger partial charge >= 0.3 is 18.6 Å². The Balaban J connectivity index is 2.71. The first-order chi connectivity index (χ1) is 12.8. The van der Waals surface area contributed by atoms with Gasteiger partial charge in [-0.15, -0.1) is 0 Å². The van der Waals surface area contributed by atoms with E-state index < -0.39 is 24.5 Å². The fourth-order valence-corrected chi connectivity index (χ4v) is 3.09. The molecule has 1 aliphatic rings. The number of carbonyl (C=O) groups is 2. The fraction of sp³-hybridized carbons (Fsp3) is 0.368. The Bertz CT molecular complexity index is 801. The van der Waals surface area contributed by atoms with Crippen LogP contribution in [0.1, 0.15) is 32.3 Å². The van der Waals surface area contributed by atoms with E-state index in [9.17, 15) is 18.4 Å². The van der Waals surface area contributed by atoms with Crippen molar-refractivity contribution >= 4 is 11.9 Å². The molecule has 1 atom stereocenters. The Labute approximate surface area is 155 Å². The van der Waals surface area contributed by atoms with Crippen LogP contribution < -0.4 is 10.1 Å². The van der Waals surface area contributed by atoms with Gasteiger partial charge in [-0.3, -0.25) is 0 Å². The summed E-state index contributed by atoms with van der Waals surface area (Å²) in [6.45, 7) is 1.99. The Kier molecular flexibility index (Phi) is 6.55. The molecule has 0 aromatic heterocycles. The molecule has 0 radical (unpaired) electrons. The van der Waals surface area contributed by atoms with Crippen LogP contribution >= 0.6 is 0 Å². The van der Waals surface area contributed by atoms with Crippen LogP contribution in [0.4, 0.5) is 8.78 Å². The minimum Gasteiger partial charge on any atom is -0.466 e. The second kappa shape index (κ2) is 8.66. The number of dihydropyridines is 1. The van der Waals surface area contributed by atoms with Crippen LogP contribution in [0.25, 0.3) is 0 Å². The summed E-state index contributed by atoms with van der Waals surface area (Å²) in [5.74, 6) is -2.46. The summed E-state index contributed by atoms with van der Waals surface area (Å²) >= 11 is 0. The van der Waals surface area contributed by atoms with Crippen LogP contribution in [0.2, 0.25) is 0 Å². The van der Waals surface area contributed by atoms with Gasteiger partial charge in [0.1, 0.15) is 5.75 Å². The lowest BCUT2D eigenvalue weighted by Gasteiger charge is -2.31. The van der Waals surface area contributed by atoms with Gasteiger partial charge in [-0.05, 0) is 26.8 Å². The number of esters is 2. The van der Waals surface area contributed by atoms with Crippen LogP contribution in [-0.4, -0.2) is 32.3 Å². The SMILES string of the molecule is CCOC(=O)C1=C(C)NC(C)=C(C(=O)OC)[C@@H]1c1ccccc1OC(F)F. The van der Waals surface area contributed by atoms with Gasteiger partial charge < -0.3 is 19.5 Å². The second-order valence-corrected chi connectivity index (χ2v) is 5.76. The molecule has 1 aromatic rings. The number of ether oxygens (including phenoxy) is 3. The topological polar surface area (TPSA) is 73.9 Å². The summed E-state index contributed by atoms with van der Waals surface area (Å²) in [4.78, 5) is 25.0.